The first-order chi connectivity index (χ1) is 21.0. The number of aliphatic hydroxyl groups is 1. The van der Waals surface area contributed by atoms with Crippen LogP contribution in [0.4, 0.5) is 4.79 Å². The normalized spacial score (nSPS) is 43.5. The molecule has 10 heteroatoms. The maximum absolute atomic E-state index is 13.6. The van der Waals surface area contributed by atoms with Crippen LogP contribution in [-0.2, 0) is 39.9 Å². The van der Waals surface area contributed by atoms with E-state index in [1.165, 1.54) is 7.11 Å². The van der Waals surface area contributed by atoms with E-state index in [0.717, 1.165) is 30.3 Å². The summed E-state index contributed by atoms with van der Waals surface area (Å²) in [5.74, 6) is -1.10. The molecule has 6 rings (SSSR count). The van der Waals surface area contributed by atoms with Crippen LogP contribution in [0, 0.1) is 45.8 Å². The fourth-order valence-corrected chi connectivity index (χ4v) is 10.4. The number of aliphatic carboxylic acids is 1. The highest BCUT2D eigenvalue weighted by Gasteiger charge is 2.89. The number of ether oxygens (including phenoxy) is 5. The van der Waals surface area contributed by atoms with Crippen molar-refractivity contribution < 1.29 is 48.3 Å². The maximum Gasteiger partial charge on any atom is 0.509 e. The third-order valence-corrected chi connectivity index (χ3v) is 11.8. The number of benzene rings is 1. The Morgan fingerprint density at radius 2 is 1.86 bits per heavy atom. The van der Waals surface area contributed by atoms with Crippen molar-refractivity contribution in [1.82, 2.24) is 0 Å². The number of carboxylic acid groups (broad SMARTS) is 1. The van der Waals surface area contributed by atoms with Gasteiger partial charge in [-0.15, -0.1) is 0 Å². The molecule has 2 N–H and O–H groups in total. The van der Waals surface area contributed by atoms with E-state index in [0.29, 0.717) is 6.42 Å². The molecule has 4 unspecified atom stereocenters. The van der Waals surface area contributed by atoms with Gasteiger partial charge in [-0.2, -0.15) is 0 Å². The highest BCUT2D eigenvalue weighted by Crippen LogP contribution is 2.87. The van der Waals surface area contributed by atoms with E-state index in [1.54, 1.807) is 6.92 Å². The molecule has 0 radical (unpaired) electrons. The second kappa shape index (κ2) is 11.2. The number of aliphatic hydroxyl groups excluding tert-OH is 1. The fourth-order valence-electron chi connectivity index (χ4n) is 10.4. The molecule has 1 aliphatic heterocycles. The molecule has 0 spiro atoms. The average molecular weight is 613 g/mol. The van der Waals surface area contributed by atoms with Crippen molar-refractivity contribution in [3.05, 3.63) is 47.5 Å². The Hall–Kier alpha value is -2.79. The lowest BCUT2D eigenvalue weighted by Crippen LogP contribution is -2.60. The maximum atomic E-state index is 13.6. The van der Waals surface area contributed by atoms with Crippen molar-refractivity contribution in [2.45, 2.75) is 84.3 Å². The van der Waals surface area contributed by atoms with Gasteiger partial charge in [0.05, 0.1) is 18.1 Å². The molecule has 0 aromatic heterocycles. The summed E-state index contributed by atoms with van der Waals surface area (Å²) in [6.45, 7) is 7.84. The molecule has 0 amide bonds. The van der Waals surface area contributed by atoms with E-state index in [9.17, 15) is 24.6 Å². The Morgan fingerprint density at radius 1 is 1.14 bits per heavy atom. The van der Waals surface area contributed by atoms with E-state index in [4.69, 9.17) is 23.7 Å². The van der Waals surface area contributed by atoms with Crippen LogP contribution in [0.5, 0.6) is 0 Å². The van der Waals surface area contributed by atoms with Gasteiger partial charge in [0.2, 0.25) is 0 Å². The van der Waals surface area contributed by atoms with Crippen molar-refractivity contribution >= 4 is 18.4 Å². The number of aldehydes is 1. The van der Waals surface area contributed by atoms with Gasteiger partial charge in [0.1, 0.15) is 30.5 Å². The van der Waals surface area contributed by atoms with Crippen LogP contribution < -0.4 is 0 Å². The molecule has 1 aromatic carbocycles. The standard InChI is InChI=1S/C34H44O10/c1-18(2)24-13-22-14-32(16-35)23-12-11-19(3)25(23)33(22,34(24,32)30(37)38)17-42-29-26(36)28(27(40-5)20(4)43-29)44-31(39)41-15-21-9-7-6-8-10-21/h6-10,13,16,18-20,22-23,25-29,36H,11-12,14-15,17H2,1-5H3,(H,37,38)/t19-,20-,22?,23-,25-,26+,27-,28+,29-,32?,33?,34?/m1/s1. The van der Waals surface area contributed by atoms with Crippen molar-refractivity contribution in [3.8, 4) is 0 Å². The van der Waals surface area contributed by atoms with Gasteiger partial charge in [-0.1, -0.05) is 69.2 Å². The van der Waals surface area contributed by atoms with E-state index >= 15 is 0 Å². The van der Waals surface area contributed by atoms with Crippen molar-refractivity contribution in [1.29, 1.82) is 0 Å². The lowest BCUT2D eigenvalue weighted by atomic mass is 9.55. The molecular formula is C34H44O10. The zero-order valence-corrected chi connectivity index (χ0v) is 26.0. The second-order valence-corrected chi connectivity index (χ2v) is 13.8. The van der Waals surface area contributed by atoms with Gasteiger partial charge < -0.3 is 38.7 Å². The molecule has 3 saturated carbocycles. The molecule has 4 aliphatic carbocycles. The molecule has 10 nitrogen and oxygen atoms in total. The van der Waals surface area contributed by atoms with Crippen LogP contribution >= 0.6 is 0 Å². The predicted molar refractivity (Wildman–Crippen MR) is 156 cm³/mol. The molecule has 44 heavy (non-hydrogen) atoms. The number of carbonyl (C=O) groups is 3. The Balaban J connectivity index is 1.27. The molecule has 4 bridgehead atoms. The average Bonchev–Trinajstić information content (AvgIpc) is 3.67. The first-order valence-corrected chi connectivity index (χ1v) is 15.8. The summed E-state index contributed by atoms with van der Waals surface area (Å²) in [6.07, 6.45) is -0.986. The zero-order chi connectivity index (χ0) is 31.6. The van der Waals surface area contributed by atoms with Crippen LogP contribution in [0.25, 0.3) is 0 Å². The van der Waals surface area contributed by atoms with Crippen LogP contribution in [0.1, 0.15) is 52.5 Å². The van der Waals surface area contributed by atoms with Crippen LogP contribution in [0.3, 0.4) is 0 Å². The van der Waals surface area contributed by atoms with Gasteiger partial charge in [0.25, 0.3) is 0 Å². The van der Waals surface area contributed by atoms with E-state index in [-0.39, 0.29) is 42.8 Å². The molecule has 240 valence electrons. The summed E-state index contributed by atoms with van der Waals surface area (Å²) < 4.78 is 29.0. The van der Waals surface area contributed by atoms with Gasteiger partial charge in [-0.3, -0.25) is 4.79 Å². The summed E-state index contributed by atoms with van der Waals surface area (Å²) in [5, 5.41) is 22.6. The summed E-state index contributed by atoms with van der Waals surface area (Å²) in [5.41, 5.74) is -1.70. The van der Waals surface area contributed by atoms with Crippen LogP contribution in [-0.4, -0.2) is 73.0 Å². The predicted octanol–water partition coefficient (Wildman–Crippen LogP) is 4.38. The number of rotatable bonds is 10. The SMILES string of the molecule is CO[C@H]1[C@@H](OC(=O)OCc2ccccc2)[C@H](O)[C@H](OCC23C4C=C(C(C)C)C2(C(=O)O)C(C=O)(C4)[C@@H]2CC[C@@H](C)[C@H]23)O[C@@H]1C. The molecule has 1 aromatic rings. The fraction of sp³-hybridized carbons (Fsp3) is 0.676. The molecule has 4 fully saturated rings. The number of carbonyl (C=O) groups excluding carboxylic acids is 2. The Bertz CT molecular complexity index is 1310. The minimum Gasteiger partial charge on any atom is -0.481 e. The number of fused-ring (bicyclic) bond motifs is 2. The van der Waals surface area contributed by atoms with Gasteiger partial charge in [-0.05, 0) is 54.9 Å². The smallest absolute Gasteiger partial charge is 0.481 e. The molecular weight excluding hydrogens is 568 g/mol. The van der Waals surface area contributed by atoms with E-state index < -0.39 is 59.1 Å². The van der Waals surface area contributed by atoms with Crippen LogP contribution in [0.15, 0.2) is 42.0 Å². The Labute approximate surface area is 258 Å². The number of hydrogen-bond acceptors (Lipinski definition) is 9. The minimum absolute atomic E-state index is 0.00228. The van der Waals surface area contributed by atoms with Gasteiger partial charge in [-0.25, -0.2) is 4.79 Å². The molecule has 5 aliphatic rings. The van der Waals surface area contributed by atoms with Crippen LogP contribution in [0.2, 0.25) is 0 Å². The summed E-state index contributed by atoms with van der Waals surface area (Å²) in [4.78, 5) is 39.5. The topological polar surface area (TPSA) is 138 Å². The number of hydrogen-bond donors (Lipinski definition) is 2. The van der Waals surface area contributed by atoms with E-state index in [1.807, 2.05) is 44.2 Å². The first kappa shape index (κ1) is 31.2. The zero-order valence-electron chi connectivity index (χ0n) is 26.0. The van der Waals surface area contributed by atoms with Crippen molar-refractivity contribution in [2.75, 3.05) is 13.7 Å². The lowest BCUT2D eigenvalue weighted by molar-refractivity contribution is -0.306. The number of allylic oxidation sites excluding steroid dienone is 1. The van der Waals surface area contributed by atoms with Gasteiger partial charge in [0.15, 0.2) is 12.4 Å². The largest absolute Gasteiger partial charge is 0.509 e. The van der Waals surface area contributed by atoms with Gasteiger partial charge in [0, 0.05) is 12.5 Å². The third-order valence-electron chi connectivity index (χ3n) is 11.8. The van der Waals surface area contributed by atoms with Crippen molar-refractivity contribution in [2.24, 2.45) is 45.8 Å². The molecule has 1 heterocycles. The minimum atomic E-state index is -1.44. The monoisotopic (exact) mass is 612 g/mol. The molecule has 1 saturated heterocycles. The van der Waals surface area contributed by atoms with E-state index in [2.05, 4.69) is 13.0 Å². The highest BCUT2D eigenvalue weighted by atomic mass is 16.8. The second-order valence-electron chi connectivity index (χ2n) is 13.8. The van der Waals surface area contributed by atoms with Gasteiger partial charge >= 0.3 is 12.1 Å². The third kappa shape index (κ3) is 4.03. The summed E-state index contributed by atoms with van der Waals surface area (Å²) in [6, 6.07) is 9.16. The summed E-state index contributed by atoms with van der Waals surface area (Å²) in [7, 11) is 1.44. The highest BCUT2D eigenvalue weighted by molar-refractivity contribution is 5.91. The Kier molecular flexibility index (Phi) is 7.96. The Morgan fingerprint density at radius 3 is 2.50 bits per heavy atom. The first-order valence-electron chi connectivity index (χ1n) is 15.8. The molecule has 12 atom stereocenters. The number of carboxylic acids is 1. The number of methoxy groups -OCH3 is 1. The summed E-state index contributed by atoms with van der Waals surface area (Å²) >= 11 is 0. The van der Waals surface area contributed by atoms with Crippen molar-refractivity contribution in [3.63, 3.8) is 0 Å². The quantitative estimate of drug-likeness (QED) is 0.222. The lowest BCUT2D eigenvalue weighted by Gasteiger charge is -2.47.